The molecule has 1 amide bonds. The van der Waals surface area contributed by atoms with Crippen molar-refractivity contribution in [2.45, 2.75) is 132 Å². The fourth-order valence-electron chi connectivity index (χ4n) is 6.23. The number of aromatic nitrogens is 12. The van der Waals surface area contributed by atoms with Crippen LogP contribution >= 0.6 is 0 Å². The normalized spacial score (nSPS) is 11.3. The van der Waals surface area contributed by atoms with E-state index in [0.29, 0.717) is 53.6 Å². The van der Waals surface area contributed by atoms with Crippen LogP contribution in [-0.4, -0.2) is 107 Å². The van der Waals surface area contributed by atoms with E-state index >= 15 is 0 Å². The van der Waals surface area contributed by atoms with Crippen molar-refractivity contribution in [1.29, 1.82) is 0 Å². The maximum absolute atomic E-state index is 11.8. The summed E-state index contributed by atoms with van der Waals surface area (Å²) in [5.41, 5.74) is 23.5. The van der Waals surface area contributed by atoms with Gasteiger partial charge in [-0.15, -0.1) is 0 Å². The van der Waals surface area contributed by atoms with E-state index < -0.39 is 0 Å². The Morgan fingerprint density at radius 3 is 1.88 bits per heavy atom. The van der Waals surface area contributed by atoms with Crippen LogP contribution in [-0.2, 0) is 9.59 Å². The van der Waals surface area contributed by atoms with Gasteiger partial charge < -0.3 is 42.3 Å². The van der Waals surface area contributed by atoms with Gasteiger partial charge in [-0.1, -0.05) is 13.3 Å². The molecule has 24 heteroatoms. The molecule has 0 aliphatic rings. The van der Waals surface area contributed by atoms with Crippen molar-refractivity contribution in [1.82, 2.24) is 68.4 Å². The first-order valence-electron chi connectivity index (χ1n) is 22.4. The van der Waals surface area contributed by atoms with E-state index in [2.05, 4.69) is 59.0 Å². The van der Waals surface area contributed by atoms with Crippen LogP contribution in [0.1, 0.15) is 125 Å². The maximum atomic E-state index is 11.8. The van der Waals surface area contributed by atoms with Gasteiger partial charge in [-0.05, 0) is 102 Å². The second-order valence-corrected chi connectivity index (χ2v) is 16.9. The minimum Gasteiger partial charge on any atom is -0.383 e. The van der Waals surface area contributed by atoms with E-state index in [1.807, 2.05) is 60.1 Å². The lowest BCUT2D eigenvalue weighted by atomic mass is 10.1. The molecule has 374 valence electrons. The van der Waals surface area contributed by atoms with Crippen molar-refractivity contribution in [3.05, 3.63) is 84.7 Å². The first kappa shape index (κ1) is 57.0. The molecule has 0 unspecified atom stereocenters. The number of rotatable bonds is 14. The number of nitrogens with one attached hydrogen (secondary N) is 3. The number of aromatic amines is 2. The summed E-state index contributed by atoms with van der Waals surface area (Å²) in [5, 5.41) is 3.20. The number of nitrogens with two attached hydrogens (primary N) is 4. The van der Waals surface area contributed by atoms with Crippen molar-refractivity contribution in [2.24, 2.45) is 5.73 Å². The molecule has 1 atom stereocenters. The topological polar surface area (TPSA) is 350 Å². The number of nitrogens with zero attached hydrogens (tertiary/aromatic N) is 11. The highest BCUT2D eigenvalue weighted by Gasteiger charge is 2.18. The number of unbranched alkanes of at least 4 members (excludes halogenated alkanes) is 1. The second-order valence-electron chi connectivity index (χ2n) is 16.9. The smallest absolute Gasteiger partial charge is 0.349 e. The number of amides is 1. The van der Waals surface area contributed by atoms with Crippen molar-refractivity contribution < 1.29 is 9.59 Å². The third-order valence-electron chi connectivity index (χ3n) is 9.98. The quantitative estimate of drug-likeness (QED) is 0.0772. The molecule has 0 saturated carbocycles. The van der Waals surface area contributed by atoms with Crippen molar-refractivity contribution in [3.8, 4) is 0 Å². The van der Waals surface area contributed by atoms with Gasteiger partial charge >= 0.3 is 11.4 Å². The van der Waals surface area contributed by atoms with Gasteiger partial charge in [0.05, 0.1) is 19.2 Å². The van der Waals surface area contributed by atoms with Gasteiger partial charge in [-0.3, -0.25) is 38.3 Å². The minimum atomic E-state index is -0.347. The van der Waals surface area contributed by atoms with Gasteiger partial charge in [0.25, 0.3) is 11.1 Å². The number of hydrogen-bond acceptors (Lipinski definition) is 17. The predicted octanol–water partition coefficient (Wildman–Crippen LogP) is 2.64. The molecule has 6 heterocycles. The van der Waals surface area contributed by atoms with Crippen LogP contribution in [0.2, 0.25) is 0 Å². The van der Waals surface area contributed by atoms with Gasteiger partial charge in [0, 0.05) is 61.1 Å². The van der Waals surface area contributed by atoms with E-state index in [1.54, 1.807) is 47.5 Å². The zero-order valence-electron chi connectivity index (χ0n) is 41.5. The number of ketones is 1. The highest BCUT2D eigenvalue weighted by molar-refractivity contribution is 5.84. The number of fused-ring (bicyclic) bond motifs is 2. The highest BCUT2D eigenvalue weighted by Crippen LogP contribution is 2.18. The van der Waals surface area contributed by atoms with E-state index in [1.165, 1.54) is 22.4 Å². The molecule has 0 aliphatic heterocycles. The summed E-state index contributed by atoms with van der Waals surface area (Å²) >= 11 is 0. The SMILES string of the molecule is CC(C)n1ccc(N)nc1=O.CC(C)n1cnc2c(=O)[nH]c(N)nc21.CC(C)n1cnc2c(N)ncnc21.CCC(=O)N(CC(C)=O)C[C@H](CCCCN)NC.Cc1cn(C(C)C)c(=O)[nH]c1=O. The molecule has 6 aromatic heterocycles. The number of carbonyl (C=O) groups is 2. The van der Waals surface area contributed by atoms with Crippen molar-refractivity contribution in [3.63, 3.8) is 0 Å². The van der Waals surface area contributed by atoms with Gasteiger partial charge in [-0.25, -0.2) is 29.5 Å². The molecular weight excluding hydrogens is 877 g/mol. The van der Waals surface area contributed by atoms with Crippen LogP contribution in [0.4, 0.5) is 17.6 Å². The van der Waals surface area contributed by atoms with Crippen LogP contribution in [0.15, 0.2) is 56.6 Å². The van der Waals surface area contributed by atoms with Crippen molar-refractivity contribution >= 4 is 51.6 Å². The van der Waals surface area contributed by atoms with E-state index in [4.69, 9.17) is 22.9 Å². The van der Waals surface area contributed by atoms with Crippen LogP contribution in [0.25, 0.3) is 22.3 Å². The molecule has 68 heavy (non-hydrogen) atoms. The van der Waals surface area contributed by atoms with Crippen LogP contribution in [0.5, 0.6) is 0 Å². The number of hydrogen-bond donors (Lipinski definition) is 7. The molecule has 0 saturated heterocycles. The number of aryl methyl sites for hydroxylation is 1. The summed E-state index contributed by atoms with van der Waals surface area (Å²) in [5.74, 6) is 0.874. The Kier molecular flexibility index (Phi) is 23.1. The number of imidazole rings is 2. The highest BCUT2D eigenvalue weighted by atomic mass is 16.2. The summed E-state index contributed by atoms with van der Waals surface area (Å²) < 4.78 is 6.79. The lowest BCUT2D eigenvalue weighted by molar-refractivity contribution is -0.135. The molecule has 0 radical (unpaired) electrons. The Bertz CT molecular complexity index is 2760. The zero-order valence-corrected chi connectivity index (χ0v) is 41.5. The number of nitrogen functional groups attached to an aromatic ring is 3. The third-order valence-corrected chi connectivity index (χ3v) is 9.98. The zero-order chi connectivity index (χ0) is 51.4. The molecule has 0 aliphatic carbocycles. The van der Waals surface area contributed by atoms with Gasteiger partial charge in [0.1, 0.15) is 23.4 Å². The summed E-state index contributed by atoms with van der Waals surface area (Å²) in [6.45, 7) is 22.2. The third kappa shape index (κ3) is 17.3. The molecule has 0 fully saturated rings. The number of H-pyrrole nitrogens is 2. The number of Topliss-reactive ketones (excluding diaryl/α,β-unsaturated/α-hetero) is 1. The van der Waals surface area contributed by atoms with Crippen molar-refractivity contribution in [2.75, 3.05) is 43.9 Å². The van der Waals surface area contributed by atoms with Gasteiger partial charge in [-0.2, -0.15) is 9.97 Å². The number of likely N-dealkylation sites (N-methyl/N-ethyl adjacent to an activating group) is 1. The van der Waals surface area contributed by atoms with Gasteiger partial charge in [0.2, 0.25) is 11.9 Å². The Morgan fingerprint density at radius 2 is 1.35 bits per heavy atom. The standard InChI is InChI=1S/C13H27N3O2.C8H11N5O.C8H11N5.C8H12N2O2.C7H11N3O/c1-4-13(18)16(9-11(2)17)10-12(15-3)7-5-6-8-14;1-4(2)13-3-10-5-6(13)11-8(9)12-7(5)14;1-5(2)13-4-12-6-7(9)10-3-11-8(6)13;1-5(2)10-4-6(3)7(11)9-8(10)12;1-5(2)10-4-3-6(8)9-7(10)11/h12,15H,4-10,14H2,1-3H3;3-4H,1-2H3,(H3,9,11,12,14);3-5H,1-2H3,(H2,9,10,11);4-5H,1-3H3,(H,9,11,12);3-5H,1-2H3,(H2,8,9,11)/t12-;;;;/m0..../s1. The molecule has 6 rings (SSSR count). The fourth-order valence-corrected chi connectivity index (χ4v) is 6.23. The molecule has 6 aromatic rings. The molecule has 11 N–H and O–H groups in total. The molecule has 24 nitrogen and oxygen atoms in total. The van der Waals surface area contributed by atoms with Crippen LogP contribution < -0.4 is 50.7 Å². The first-order chi connectivity index (χ1) is 32.0. The largest absolute Gasteiger partial charge is 0.383 e. The minimum absolute atomic E-state index is 0.0219. The predicted molar refractivity (Wildman–Crippen MR) is 266 cm³/mol. The molecule has 0 bridgehead atoms. The number of anilines is 3. The summed E-state index contributed by atoms with van der Waals surface area (Å²) in [4.78, 5) is 97.5. The van der Waals surface area contributed by atoms with Crippen LogP contribution in [0, 0.1) is 6.92 Å². The Hall–Kier alpha value is -7.08. The molecule has 0 aromatic carbocycles. The first-order valence-corrected chi connectivity index (χ1v) is 22.4. The molecular formula is C44H72N18O6. The molecule has 0 spiro atoms. The maximum Gasteiger partial charge on any atom is 0.349 e. The van der Waals surface area contributed by atoms with E-state index in [0.717, 1.165) is 24.9 Å². The average Bonchev–Trinajstić information content (AvgIpc) is 3.91. The Labute approximate surface area is 395 Å². The Balaban J connectivity index is 0.000000294. The Morgan fingerprint density at radius 1 is 0.765 bits per heavy atom. The van der Waals surface area contributed by atoms with E-state index in [-0.39, 0.29) is 76.7 Å². The summed E-state index contributed by atoms with van der Waals surface area (Å²) in [7, 11) is 1.88. The second kappa shape index (κ2) is 27.5. The lowest BCUT2D eigenvalue weighted by Crippen LogP contribution is -2.44. The summed E-state index contributed by atoms with van der Waals surface area (Å²) in [6, 6.07) is 2.59. The van der Waals surface area contributed by atoms with Gasteiger partial charge in [0.15, 0.2) is 22.6 Å². The fraction of sp³-hybridized carbons (Fsp3) is 0.545. The van der Waals surface area contributed by atoms with Crippen LogP contribution in [0.3, 0.4) is 0 Å². The lowest BCUT2D eigenvalue weighted by Gasteiger charge is -2.26. The average molecular weight is 949 g/mol. The summed E-state index contributed by atoms with van der Waals surface area (Å²) in [6.07, 6.45) is 11.4. The van der Waals surface area contributed by atoms with E-state index in [9.17, 15) is 28.8 Å². The number of carbonyl (C=O) groups excluding carboxylic acids is 2. The monoisotopic (exact) mass is 949 g/mol.